The van der Waals surface area contributed by atoms with Gasteiger partial charge in [0.1, 0.15) is 5.54 Å². The van der Waals surface area contributed by atoms with Gasteiger partial charge in [-0.2, -0.15) is 17.0 Å². The van der Waals surface area contributed by atoms with E-state index < -0.39 is 5.54 Å². The van der Waals surface area contributed by atoms with Crippen LogP contribution >= 0.6 is 11.8 Å². The summed E-state index contributed by atoms with van der Waals surface area (Å²) in [7, 11) is 0. The molecule has 0 aromatic heterocycles. The maximum Gasteiger partial charge on any atom is 0.138 e. The summed E-state index contributed by atoms with van der Waals surface area (Å²) >= 11 is 1.76. The number of nitrogens with zero attached hydrogens (tertiary/aromatic N) is 1. The van der Waals surface area contributed by atoms with E-state index in [4.69, 9.17) is 5.73 Å². The molecule has 1 aromatic carbocycles. The van der Waals surface area contributed by atoms with Crippen LogP contribution in [0.1, 0.15) is 25.8 Å². The summed E-state index contributed by atoms with van der Waals surface area (Å²) in [6.45, 7) is 4.30. The first-order valence-corrected chi connectivity index (χ1v) is 6.54. The van der Waals surface area contributed by atoms with Gasteiger partial charge in [0.25, 0.3) is 0 Å². The van der Waals surface area contributed by atoms with Gasteiger partial charge >= 0.3 is 0 Å². The van der Waals surface area contributed by atoms with Crippen molar-refractivity contribution in [2.75, 3.05) is 5.75 Å². The van der Waals surface area contributed by atoms with Crippen LogP contribution in [0.25, 0.3) is 0 Å². The lowest BCUT2D eigenvalue weighted by Gasteiger charge is -2.23. The zero-order chi connectivity index (χ0) is 12.0. The summed E-state index contributed by atoms with van der Waals surface area (Å²) in [4.78, 5) is 0. The number of hydrogen-bond acceptors (Lipinski definition) is 3. The average molecular weight is 234 g/mol. The molecule has 0 aliphatic rings. The van der Waals surface area contributed by atoms with Crippen molar-refractivity contribution < 1.29 is 0 Å². The standard InChI is InChI=1S/C13H18N2S/c1-3-11(2)16-10-13(15,9-14)12-7-5-4-6-8-12/h4-8,11H,3,10,15H2,1-2H3. The summed E-state index contributed by atoms with van der Waals surface area (Å²) in [6, 6.07) is 11.8. The maximum absolute atomic E-state index is 9.24. The second kappa shape index (κ2) is 5.93. The Morgan fingerprint density at radius 1 is 1.44 bits per heavy atom. The van der Waals surface area contributed by atoms with Gasteiger partial charge in [-0.3, -0.25) is 0 Å². The SMILES string of the molecule is CCC(C)SCC(N)(C#N)c1ccccc1. The molecule has 2 N–H and O–H groups in total. The lowest BCUT2D eigenvalue weighted by atomic mass is 9.95. The summed E-state index contributed by atoms with van der Waals surface area (Å²) in [5.41, 5.74) is 6.17. The van der Waals surface area contributed by atoms with Crippen LogP contribution in [0, 0.1) is 11.3 Å². The summed E-state index contributed by atoms with van der Waals surface area (Å²) in [6.07, 6.45) is 1.10. The zero-order valence-electron chi connectivity index (χ0n) is 9.81. The lowest BCUT2D eigenvalue weighted by Crippen LogP contribution is -2.38. The maximum atomic E-state index is 9.24. The van der Waals surface area contributed by atoms with E-state index >= 15 is 0 Å². The van der Waals surface area contributed by atoms with Crippen LogP contribution < -0.4 is 5.73 Å². The Balaban J connectivity index is 2.76. The molecule has 86 valence electrons. The molecule has 0 bridgehead atoms. The second-order valence-electron chi connectivity index (χ2n) is 3.98. The van der Waals surface area contributed by atoms with Crippen molar-refractivity contribution in [3.8, 4) is 6.07 Å². The van der Waals surface area contributed by atoms with Crippen LogP contribution in [0.4, 0.5) is 0 Å². The minimum Gasteiger partial charge on any atom is -0.309 e. The molecule has 1 aromatic rings. The van der Waals surface area contributed by atoms with Crippen molar-refractivity contribution in [1.82, 2.24) is 0 Å². The molecule has 0 fully saturated rings. The van der Waals surface area contributed by atoms with Crippen molar-refractivity contribution in [3.05, 3.63) is 35.9 Å². The highest BCUT2D eigenvalue weighted by Gasteiger charge is 2.27. The van der Waals surface area contributed by atoms with Gasteiger partial charge in [-0.1, -0.05) is 44.2 Å². The van der Waals surface area contributed by atoms with Crippen molar-refractivity contribution in [2.45, 2.75) is 31.1 Å². The number of thioether (sulfide) groups is 1. The fourth-order valence-electron chi connectivity index (χ4n) is 1.31. The van der Waals surface area contributed by atoms with Gasteiger partial charge in [0.2, 0.25) is 0 Å². The topological polar surface area (TPSA) is 49.8 Å². The smallest absolute Gasteiger partial charge is 0.138 e. The van der Waals surface area contributed by atoms with Crippen LogP contribution in [0.2, 0.25) is 0 Å². The van der Waals surface area contributed by atoms with E-state index in [1.54, 1.807) is 11.8 Å². The molecular formula is C13H18N2S. The normalized spacial score (nSPS) is 16.1. The van der Waals surface area contributed by atoms with Crippen LogP contribution in [0.15, 0.2) is 30.3 Å². The van der Waals surface area contributed by atoms with E-state index in [2.05, 4.69) is 19.9 Å². The predicted molar refractivity (Wildman–Crippen MR) is 70.1 cm³/mol. The fourth-order valence-corrected chi connectivity index (χ4v) is 2.32. The highest BCUT2D eigenvalue weighted by atomic mass is 32.2. The molecule has 0 aliphatic heterocycles. The minimum absolute atomic E-state index is 0.542. The Kier molecular flexibility index (Phi) is 4.85. The lowest BCUT2D eigenvalue weighted by molar-refractivity contribution is 0.656. The van der Waals surface area contributed by atoms with E-state index in [1.165, 1.54) is 0 Å². The van der Waals surface area contributed by atoms with Crippen molar-refractivity contribution >= 4 is 11.8 Å². The molecule has 0 heterocycles. The van der Waals surface area contributed by atoms with Crippen LogP contribution in [0.5, 0.6) is 0 Å². The second-order valence-corrected chi connectivity index (χ2v) is 5.41. The molecule has 0 saturated heterocycles. The Morgan fingerprint density at radius 2 is 2.06 bits per heavy atom. The first kappa shape index (κ1) is 13.1. The molecule has 0 aliphatic carbocycles. The van der Waals surface area contributed by atoms with E-state index in [0.717, 1.165) is 12.0 Å². The third-order valence-corrected chi connectivity index (χ3v) is 4.18. The van der Waals surface area contributed by atoms with Gasteiger partial charge < -0.3 is 5.73 Å². The Morgan fingerprint density at radius 3 is 2.56 bits per heavy atom. The van der Waals surface area contributed by atoms with E-state index in [9.17, 15) is 5.26 Å². The van der Waals surface area contributed by atoms with Crippen molar-refractivity contribution in [2.24, 2.45) is 5.73 Å². The van der Waals surface area contributed by atoms with Gasteiger partial charge in [-0.05, 0) is 12.0 Å². The highest BCUT2D eigenvalue weighted by Crippen LogP contribution is 2.25. The first-order chi connectivity index (χ1) is 7.62. The first-order valence-electron chi connectivity index (χ1n) is 5.49. The molecule has 0 amide bonds. The van der Waals surface area contributed by atoms with Crippen LogP contribution in [-0.4, -0.2) is 11.0 Å². The Bertz CT molecular complexity index is 358. The van der Waals surface area contributed by atoms with Gasteiger partial charge in [0.05, 0.1) is 6.07 Å². The van der Waals surface area contributed by atoms with E-state index in [0.29, 0.717) is 11.0 Å². The van der Waals surface area contributed by atoms with Crippen LogP contribution in [0.3, 0.4) is 0 Å². The van der Waals surface area contributed by atoms with E-state index in [1.807, 2.05) is 30.3 Å². The van der Waals surface area contributed by atoms with Crippen molar-refractivity contribution in [3.63, 3.8) is 0 Å². The third-order valence-electron chi connectivity index (χ3n) is 2.66. The largest absolute Gasteiger partial charge is 0.309 e. The minimum atomic E-state index is -0.866. The molecule has 2 unspecified atom stereocenters. The fraction of sp³-hybridized carbons (Fsp3) is 0.462. The monoisotopic (exact) mass is 234 g/mol. The van der Waals surface area contributed by atoms with E-state index in [-0.39, 0.29) is 0 Å². The molecule has 0 spiro atoms. The number of hydrogen-bond donors (Lipinski definition) is 1. The molecule has 16 heavy (non-hydrogen) atoms. The molecule has 2 nitrogen and oxygen atoms in total. The van der Waals surface area contributed by atoms with Crippen LogP contribution in [-0.2, 0) is 5.54 Å². The number of nitrogens with two attached hydrogens (primary N) is 1. The number of benzene rings is 1. The van der Waals surface area contributed by atoms with Gasteiger partial charge in [0.15, 0.2) is 0 Å². The predicted octanol–water partition coefficient (Wildman–Crippen LogP) is 2.90. The Labute approximate surface area is 102 Å². The quantitative estimate of drug-likeness (QED) is 0.852. The highest BCUT2D eigenvalue weighted by molar-refractivity contribution is 7.99. The molecule has 3 heteroatoms. The molecule has 0 radical (unpaired) electrons. The number of rotatable bonds is 5. The molecule has 1 rings (SSSR count). The molecule has 0 saturated carbocycles. The van der Waals surface area contributed by atoms with Gasteiger partial charge in [0, 0.05) is 11.0 Å². The average Bonchev–Trinajstić information content (AvgIpc) is 2.36. The summed E-state index contributed by atoms with van der Waals surface area (Å²) in [5.74, 6) is 0.641. The van der Waals surface area contributed by atoms with Gasteiger partial charge in [-0.25, -0.2) is 0 Å². The molecule has 2 atom stereocenters. The molecular weight excluding hydrogens is 216 g/mol. The van der Waals surface area contributed by atoms with Gasteiger partial charge in [-0.15, -0.1) is 0 Å². The van der Waals surface area contributed by atoms with Crippen molar-refractivity contribution in [1.29, 1.82) is 5.26 Å². The Hall–Kier alpha value is -0.980. The summed E-state index contributed by atoms with van der Waals surface area (Å²) in [5, 5.41) is 9.78. The zero-order valence-corrected chi connectivity index (χ0v) is 10.6. The third kappa shape index (κ3) is 3.26. The number of nitriles is 1. The summed E-state index contributed by atoms with van der Waals surface area (Å²) < 4.78 is 0.